The molecular formula is C30H40NO6P. The largest absolute Gasteiger partial charge is 0.508 e. The molecule has 0 saturated heterocycles. The van der Waals surface area contributed by atoms with E-state index >= 15 is 0 Å². The first kappa shape index (κ1) is 29.7. The minimum Gasteiger partial charge on any atom is -0.508 e. The van der Waals surface area contributed by atoms with Gasteiger partial charge in [0.1, 0.15) is 17.2 Å². The molecule has 3 aromatic rings. The number of aliphatic hydroxyl groups excluding tert-OH is 1. The van der Waals surface area contributed by atoms with Crippen LogP contribution in [0.4, 0.5) is 0 Å². The highest BCUT2D eigenvalue weighted by Crippen LogP contribution is 2.50. The van der Waals surface area contributed by atoms with Crippen molar-refractivity contribution in [2.45, 2.75) is 45.4 Å². The van der Waals surface area contributed by atoms with E-state index in [0.29, 0.717) is 36.4 Å². The van der Waals surface area contributed by atoms with E-state index in [-0.39, 0.29) is 18.7 Å². The number of benzene rings is 3. The topological polar surface area (TPSA) is 97.3 Å². The molecule has 3 aromatic carbocycles. The average molecular weight is 542 g/mol. The summed E-state index contributed by atoms with van der Waals surface area (Å²) >= 11 is 0. The molecule has 0 aliphatic heterocycles. The van der Waals surface area contributed by atoms with Gasteiger partial charge >= 0.3 is 0 Å². The van der Waals surface area contributed by atoms with Gasteiger partial charge in [-0.25, -0.2) is 0 Å². The molecule has 0 heterocycles. The summed E-state index contributed by atoms with van der Waals surface area (Å²) in [6.07, 6.45) is 4.00. The zero-order valence-electron chi connectivity index (χ0n) is 22.2. The summed E-state index contributed by atoms with van der Waals surface area (Å²) in [6, 6.07) is 22.5. The van der Waals surface area contributed by atoms with Gasteiger partial charge in [0.15, 0.2) is 6.35 Å². The molecule has 0 aromatic heterocycles. The van der Waals surface area contributed by atoms with Crippen molar-refractivity contribution < 1.29 is 28.8 Å². The van der Waals surface area contributed by atoms with Crippen LogP contribution in [0.25, 0.3) is 0 Å². The second kappa shape index (κ2) is 16.2. The van der Waals surface area contributed by atoms with Gasteiger partial charge in [-0.05, 0) is 73.8 Å². The first-order valence-electron chi connectivity index (χ1n) is 13.3. The van der Waals surface area contributed by atoms with E-state index in [1.165, 1.54) is 11.6 Å². The van der Waals surface area contributed by atoms with Crippen molar-refractivity contribution in [1.82, 2.24) is 5.32 Å². The maximum atomic E-state index is 13.5. The lowest BCUT2D eigenvalue weighted by Crippen LogP contribution is -2.20. The van der Waals surface area contributed by atoms with Crippen molar-refractivity contribution in [2.75, 3.05) is 32.7 Å². The highest BCUT2D eigenvalue weighted by Gasteiger charge is 2.25. The van der Waals surface area contributed by atoms with Crippen LogP contribution in [0.3, 0.4) is 0 Å². The molecule has 0 aliphatic carbocycles. The van der Waals surface area contributed by atoms with E-state index in [1.807, 2.05) is 54.6 Å². The Labute approximate surface area is 226 Å². The molecule has 0 saturated carbocycles. The van der Waals surface area contributed by atoms with Gasteiger partial charge in [0.2, 0.25) is 7.37 Å². The molecule has 0 spiro atoms. The van der Waals surface area contributed by atoms with Crippen molar-refractivity contribution in [3.05, 3.63) is 89.5 Å². The maximum absolute atomic E-state index is 13.5. The monoisotopic (exact) mass is 541 g/mol. The molecule has 0 amide bonds. The summed E-state index contributed by atoms with van der Waals surface area (Å²) in [5.41, 5.74) is 2.63. The third kappa shape index (κ3) is 10.5. The minimum atomic E-state index is -2.97. The number of rotatable bonds is 18. The summed E-state index contributed by atoms with van der Waals surface area (Å²) in [7, 11) is -2.97. The van der Waals surface area contributed by atoms with Crippen molar-refractivity contribution >= 4 is 7.37 Å². The van der Waals surface area contributed by atoms with Gasteiger partial charge in [-0.1, -0.05) is 55.8 Å². The third-order valence-corrected chi connectivity index (χ3v) is 8.04. The van der Waals surface area contributed by atoms with Gasteiger partial charge < -0.3 is 29.5 Å². The molecule has 1 unspecified atom stereocenters. The van der Waals surface area contributed by atoms with Crippen molar-refractivity contribution in [3.8, 4) is 17.2 Å². The lowest BCUT2D eigenvalue weighted by molar-refractivity contribution is 0.272. The van der Waals surface area contributed by atoms with Crippen LogP contribution in [0.2, 0.25) is 0 Å². The SMILES string of the molecule is CCCCOP(=O)(COc1ccc(CCNCCCOc2ccc(O)c(CO)c2)cc1)Cc1ccccc1. The minimum absolute atomic E-state index is 0.0556. The average Bonchev–Trinajstić information content (AvgIpc) is 2.93. The Balaban J connectivity index is 1.36. The number of nitrogens with one attached hydrogen (secondary N) is 1. The van der Waals surface area contributed by atoms with E-state index in [2.05, 4.69) is 12.2 Å². The molecule has 3 rings (SSSR count). The fraction of sp³-hybridized carbons (Fsp3) is 0.400. The van der Waals surface area contributed by atoms with E-state index in [0.717, 1.165) is 44.3 Å². The van der Waals surface area contributed by atoms with E-state index in [1.54, 1.807) is 12.1 Å². The summed E-state index contributed by atoms with van der Waals surface area (Å²) in [6.45, 7) is 4.54. The predicted molar refractivity (Wildman–Crippen MR) is 151 cm³/mol. The van der Waals surface area contributed by atoms with Crippen LogP contribution in [-0.4, -0.2) is 42.9 Å². The Bertz CT molecular complexity index is 1120. The summed E-state index contributed by atoms with van der Waals surface area (Å²) in [5.74, 6) is 1.39. The van der Waals surface area contributed by atoms with Crippen LogP contribution in [0.1, 0.15) is 42.9 Å². The normalized spacial score (nSPS) is 12.7. The number of ether oxygens (including phenoxy) is 2. The number of unbranched alkanes of at least 4 members (excludes halogenated alkanes) is 1. The summed E-state index contributed by atoms with van der Waals surface area (Å²) < 4.78 is 30.9. The maximum Gasteiger partial charge on any atom is 0.243 e. The lowest BCUT2D eigenvalue weighted by Gasteiger charge is -2.19. The molecule has 1 atom stereocenters. The Kier molecular flexibility index (Phi) is 12.7. The molecule has 0 aliphatic rings. The Morgan fingerprint density at radius 3 is 2.34 bits per heavy atom. The molecule has 7 nitrogen and oxygen atoms in total. The van der Waals surface area contributed by atoms with Crippen LogP contribution >= 0.6 is 7.37 Å². The van der Waals surface area contributed by atoms with Gasteiger partial charge in [-0.2, -0.15) is 0 Å². The number of hydrogen-bond donors (Lipinski definition) is 3. The predicted octanol–water partition coefficient (Wildman–Crippen LogP) is 6.12. The van der Waals surface area contributed by atoms with Crippen LogP contribution < -0.4 is 14.8 Å². The lowest BCUT2D eigenvalue weighted by atomic mass is 10.1. The van der Waals surface area contributed by atoms with Crippen molar-refractivity contribution in [3.63, 3.8) is 0 Å². The highest BCUT2D eigenvalue weighted by molar-refractivity contribution is 7.58. The van der Waals surface area contributed by atoms with Gasteiger partial charge in [-0.15, -0.1) is 0 Å². The molecule has 3 N–H and O–H groups in total. The van der Waals surface area contributed by atoms with Gasteiger partial charge in [0, 0.05) is 5.56 Å². The fourth-order valence-corrected chi connectivity index (χ4v) is 5.65. The van der Waals surface area contributed by atoms with E-state index in [4.69, 9.17) is 14.0 Å². The quantitative estimate of drug-likeness (QED) is 0.132. The second-order valence-electron chi connectivity index (χ2n) is 9.21. The first-order chi connectivity index (χ1) is 18.5. The van der Waals surface area contributed by atoms with E-state index in [9.17, 15) is 14.8 Å². The second-order valence-corrected chi connectivity index (χ2v) is 11.7. The highest BCUT2D eigenvalue weighted by atomic mass is 31.2. The third-order valence-electron chi connectivity index (χ3n) is 6.02. The number of aromatic hydroxyl groups is 1. The zero-order valence-corrected chi connectivity index (χ0v) is 23.1. The molecular weight excluding hydrogens is 501 g/mol. The van der Waals surface area contributed by atoms with Crippen LogP contribution in [-0.2, 0) is 28.3 Å². The molecule has 0 radical (unpaired) electrons. The molecule has 8 heteroatoms. The molecule has 206 valence electrons. The Morgan fingerprint density at radius 2 is 1.61 bits per heavy atom. The Hall–Kier alpha value is -2.83. The standard InChI is InChI=1S/C30H40NO6P/c1-2-3-20-37-38(34,23-26-8-5-4-6-9-26)24-36-28-12-10-25(11-13-28)16-18-31-17-7-19-35-29-14-15-30(33)27(21-29)22-32/h4-6,8-15,21,31-33H,2-3,7,16-20,22-24H2,1H3. The Morgan fingerprint density at radius 1 is 0.842 bits per heavy atom. The van der Waals surface area contributed by atoms with Gasteiger partial charge in [0.05, 0.1) is 26.0 Å². The number of hydrogen-bond acceptors (Lipinski definition) is 7. The van der Waals surface area contributed by atoms with Crippen LogP contribution in [0.15, 0.2) is 72.8 Å². The smallest absolute Gasteiger partial charge is 0.243 e. The summed E-state index contributed by atoms with van der Waals surface area (Å²) in [4.78, 5) is 0. The fourth-order valence-electron chi connectivity index (χ4n) is 3.81. The number of phenols is 1. The first-order valence-corrected chi connectivity index (χ1v) is 15.3. The van der Waals surface area contributed by atoms with E-state index < -0.39 is 7.37 Å². The molecule has 0 fully saturated rings. The van der Waals surface area contributed by atoms with Crippen molar-refractivity contribution in [2.24, 2.45) is 0 Å². The van der Waals surface area contributed by atoms with Crippen LogP contribution in [0.5, 0.6) is 17.2 Å². The van der Waals surface area contributed by atoms with Crippen molar-refractivity contribution in [1.29, 1.82) is 0 Å². The molecule has 38 heavy (non-hydrogen) atoms. The van der Waals surface area contributed by atoms with Gasteiger partial charge in [0.25, 0.3) is 0 Å². The number of aliphatic hydroxyl groups is 1. The van der Waals surface area contributed by atoms with Gasteiger partial charge in [-0.3, -0.25) is 4.57 Å². The molecule has 0 bridgehead atoms. The van der Waals surface area contributed by atoms with Crippen LogP contribution in [0, 0.1) is 0 Å². The zero-order chi connectivity index (χ0) is 27.1. The summed E-state index contributed by atoms with van der Waals surface area (Å²) in [5, 5.41) is 22.2.